The number of sulfonamides is 1. The van der Waals surface area contributed by atoms with Crippen LogP contribution in [-0.2, 0) is 16.6 Å². The van der Waals surface area contributed by atoms with E-state index >= 15 is 0 Å². The molecule has 2 aromatic carbocycles. The molecule has 2 heterocycles. The highest BCUT2D eigenvalue weighted by Crippen LogP contribution is 2.28. The van der Waals surface area contributed by atoms with Gasteiger partial charge in [-0.05, 0) is 41.5 Å². The van der Waals surface area contributed by atoms with E-state index in [2.05, 4.69) is 9.50 Å². The highest BCUT2D eigenvalue weighted by molar-refractivity contribution is 7.90. The van der Waals surface area contributed by atoms with E-state index in [1.54, 1.807) is 42.5 Å². The highest BCUT2D eigenvalue weighted by atomic mass is 35.5. The van der Waals surface area contributed by atoms with Crippen LogP contribution in [0.5, 0.6) is 5.75 Å². The first-order valence-corrected chi connectivity index (χ1v) is 10.4. The van der Waals surface area contributed by atoms with Crippen LogP contribution < -0.4 is 4.74 Å². The molecular weight excluding hydrogens is 405 g/mol. The van der Waals surface area contributed by atoms with Crippen LogP contribution in [0.4, 0.5) is 4.39 Å². The number of hydrogen-bond acceptors (Lipinski definition) is 5. The number of rotatable bonds is 4. The van der Waals surface area contributed by atoms with Gasteiger partial charge in [0.15, 0.2) is 5.84 Å². The molecule has 0 atom stereocenters. The molecule has 0 bridgehead atoms. The lowest BCUT2D eigenvalue weighted by atomic mass is 10.0. The lowest BCUT2D eigenvalue weighted by Gasteiger charge is -2.28. The van der Waals surface area contributed by atoms with Crippen molar-refractivity contribution in [1.82, 2.24) is 5.01 Å². The Balaban J connectivity index is 1.56. The Hall–Kier alpha value is -2.71. The third-order valence-electron chi connectivity index (χ3n) is 4.21. The van der Waals surface area contributed by atoms with Gasteiger partial charge in [0, 0.05) is 5.57 Å². The Labute approximate surface area is 166 Å². The fraction of sp³-hybridized carbons (Fsp3) is 0.158. The van der Waals surface area contributed by atoms with Gasteiger partial charge < -0.3 is 4.74 Å². The zero-order valence-electron chi connectivity index (χ0n) is 14.5. The molecule has 0 fully saturated rings. The third kappa shape index (κ3) is 4.07. The van der Waals surface area contributed by atoms with Gasteiger partial charge in [-0.25, -0.2) is 17.8 Å². The van der Waals surface area contributed by atoms with Gasteiger partial charge in [-0.2, -0.15) is 5.10 Å². The molecule has 0 spiro atoms. The number of ether oxygens (including phenoxy) is 1. The van der Waals surface area contributed by atoms with Crippen LogP contribution in [0.25, 0.3) is 5.57 Å². The number of nitrogens with zero attached hydrogens (tertiary/aromatic N) is 3. The van der Waals surface area contributed by atoms with Crippen LogP contribution in [0.15, 0.2) is 64.1 Å². The predicted octanol–water partition coefficient (Wildman–Crippen LogP) is 3.40. The Morgan fingerprint density at radius 2 is 1.96 bits per heavy atom. The average molecular weight is 420 g/mol. The quantitative estimate of drug-likeness (QED) is 0.761. The highest BCUT2D eigenvalue weighted by Gasteiger charge is 2.30. The summed E-state index contributed by atoms with van der Waals surface area (Å²) >= 11 is 6.09. The number of benzene rings is 2. The molecule has 4 rings (SSSR count). The Morgan fingerprint density at radius 1 is 1.18 bits per heavy atom. The number of fused-ring (bicyclic) bond motifs is 1. The minimum absolute atomic E-state index is 0.107. The lowest BCUT2D eigenvalue weighted by molar-refractivity contribution is 0.305. The first-order chi connectivity index (χ1) is 13.4. The maximum absolute atomic E-state index is 13.2. The molecule has 0 amide bonds. The number of allylic oxidation sites excluding steroid dienone is 1. The van der Waals surface area contributed by atoms with Crippen LogP contribution in [0.1, 0.15) is 11.1 Å². The average Bonchev–Trinajstić information content (AvgIpc) is 2.66. The Morgan fingerprint density at radius 3 is 2.71 bits per heavy atom. The smallest absolute Gasteiger partial charge is 0.256 e. The molecule has 0 saturated carbocycles. The number of hydrogen-bond donors (Lipinski definition) is 0. The second-order valence-corrected chi connectivity index (χ2v) is 8.39. The molecule has 9 heteroatoms. The SMILES string of the molecule is O=S1(=O)CCN2N=C(Cl)C=C(c3ccc(OCc4cccc(F)c4)cc3)C2=N1. The molecule has 0 radical (unpaired) electrons. The summed E-state index contributed by atoms with van der Waals surface area (Å²) in [4.78, 5) is 0. The summed E-state index contributed by atoms with van der Waals surface area (Å²) < 4.78 is 46.5. The fourth-order valence-electron chi connectivity index (χ4n) is 2.88. The molecule has 6 nitrogen and oxygen atoms in total. The van der Waals surface area contributed by atoms with Crippen LogP contribution in [0.2, 0.25) is 0 Å². The summed E-state index contributed by atoms with van der Waals surface area (Å²) in [6.45, 7) is 0.431. The Bertz CT molecular complexity index is 1110. The number of halogens is 2. The first-order valence-electron chi connectivity index (χ1n) is 8.44. The summed E-state index contributed by atoms with van der Waals surface area (Å²) in [7, 11) is -3.52. The topological polar surface area (TPSA) is 71.3 Å². The van der Waals surface area contributed by atoms with Gasteiger partial charge in [-0.15, -0.1) is 4.40 Å². The van der Waals surface area contributed by atoms with Crippen molar-refractivity contribution in [2.24, 2.45) is 9.50 Å². The third-order valence-corrected chi connectivity index (χ3v) is 5.55. The monoisotopic (exact) mass is 419 g/mol. The van der Waals surface area contributed by atoms with Crippen molar-refractivity contribution >= 4 is 38.2 Å². The van der Waals surface area contributed by atoms with Gasteiger partial charge >= 0.3 is 0 Å². The van der Waals surface area contributed by atoms with Crippen molar-refractivity contribution in [3.63, 3.8) is 0 Å². The van der Waals surface area contributed by atoms with Crippen molar-refractivity contribution in [3.8, 4) is 5.75 Å². The molecule has 28 heavy (non-hydrogen) atoms. The van der Waals surface area contributed by atoms with Crippen LogP contribution in [-0.4, -0.2) is 36.7 Å². The predicted molar refractivity (Wildman–Crippen MR) is 106 cm³/mol. The molecule has 2 aliphatic heterocycles. The largest absolute Gasteiger partial charge is 0.489 e. The minimum Gasteiger partial charge on any atom is -0.489 e. The van der Waals surface area contributed by atoms with Gasteiger partial charge in [0.25, 0.3) is 10.0 Å². The van der Waals surface area contributed by atoms with Crippen molar-refractivity contribution in [2.45, 2.75) is 6.61 Å². The second-order valence-electron chi connectivity index (χ2n) is 6.25. The summed E-state index contributed by atoms with van der Waals surface area (Å²) in [5, 5.41) is 5.86. The standard InChI is InChI=1S/C19H15ClFN3O3S/c20-18-11-17(19-23-28(25,26)9-8-24(19)22-18)14-4-6-16(7-5-14)27-12-13-2-1-3-15(21)10-13/h1-7,10-11H,8-9,12H2. The molecule has 2 aliphatic rings. The maximum atomic E-state index is 13.2. The molecule has 0 aromatic heterocycles. The van der Waals surface area contributed by atoms with Gasteiger partial charge in [0.05, 0.1) is 12.3 Å². The molecule has 0 saturated heterocycles. The van der Waals surface area contributed by atoms with E-state index in [4.69, 9.17) is 16.3 Å². The van der Waals surface area contributed by atoms with Gasteiger partial charge in [0.1, 0.15) is 23.3 Å². The van der Waals surface area contributed by atoms with Gasteiger partial charge in [0.2, 0.25) is 0 Å². The van der Waals surface area contributed by atoms with Crippen molar-refractivity contribution in [3.05, 3.63) is 71.6 Å². The van der Waals surface area contributed by atoms with Crippen molar-refractivity contribution in [2.75, 3.05) is 12.3 Å². The zero-order valence-corrected chi connectivity index (χ0v) is 16.1. The molecule has 2 aromatic rings. The van der Waals surface area contributed by atoms with E-state index in [0.29, 0.717) is 11.3 Å². The fourth-order valence-corrected chi connectivity index (χ4v) is 4.03. The van der Waals surface area contributed by atoms with Crippen LogP contribution >= 0.6 is 11.6 Å². The molecule has 0 N–H and O–H groups in total. The molecule has 0 aliphatic carbocycles. The summed E-state index contributed by atoms with van der Waals surface area (Å²) in [5.74, 6) is 0.430. The van der Waals surface area contributed by atoms with E-state index in [-0.39, 0.29) is 35.7 Å². The van der Waals surface area contributed by atoms with Crippen molar-refractivity contribution < 1.29 is 17.5 Å². The van der Waals surface area contributed by atoms with Crippen molar-refractivity contribution in [1.29, 1.82) is 0 Å². The summed E-state index contributed by atoms with van der Waals surface area (Å²) in [6, 6.07) is 13.3. The van der Waals surface area contributed by atoms with Gasteiger partial charge in [-0.3, -0.25) is 0 Å². The second kappa shape index (κ2) is 7.37. The van der Waals surface area contributed by atoms with E-state index in [1.165, 1.54) is 17.1 Å². The van der Waals surface area contributed by atoms with E-state index in [9.17, 15) is 12.8 Å². The number of hydrazone groups is 1. The van der Waals surface area contributed by atoms with E-state index in [0.717, 1.165) is 11.1 Å². The van der Waals surface area contributed by atoms with Crippen LogP contribution in [0.3, 0.4) is 0 Å². The summed E-state index contributed by atoms with van der Waals surface area (Å²) in [5.41, 5.74) is 2.02. The Kier molecular flexibility index (Phi) is 4.91. The lowest BCUT2D eigenvalue weighted by Crippen LogP contribution is -2.38. The van der Waals surface area contributed by atoms with Gasteiger partial charge in [-0.1, -0.05) is 35.9 Å². The maximum Gasteiger partial charge on any atom is 0.256 e. The molecule has 0 unspecified atom stereocenters. The molecular formula is C19H15ClFN3O3S. The number of amidine groups is 1. The van der Waals surface area contributed by atoms with E-state index < -0.39 is 10.0 Å². The normalized spacial score (nSPS) is 17.9. The minimum atomic E-state index is -3.52. The van der Waals surface area contributed by atoms with E-state index in [1.807, 2.05) is 0 Å². The first kappa shape index (κ1) is 18.6. The zero-order chi connectivity index (χ0) is 19.7. The summed E-state index contributed by atoms with van der Waals surface area (Å²) in [6.07, 6.45) is 1.58. The molecule has 144 valence electrons. The van der Waals surface area contributed by atoms with Crippen LogP contribution in [0, 0.1) is 5.82 Å².